The van der Waals surface area contributed by atoms with Gasteiger partial charge in [0.1, 0.15) is 5.69 Å². The monoisotopic (exact) mass is 282 g/mol. The fourth-order valence-corrected chi connectivity index (χ4v) is 1.63. The third kappa shape index (κ3) is 3.33. The van der Waals surface area contributed by atoms with Gasteiger partial charge in [-0.2, -0.15) is 5.26 Å². The van der Waals surface area contributed by atoms with Gasteiger partial charge in [-0.05, 0) is 6.07 Å². The van der Waals surface area contributed by atoms with E-state index in [-0.39, 0.29) is 29.2 Å². The maximum absolute atomic E-state index is 12.0. The van der Waals surface area contributed by atoms with Crippen LogP contribution in [0.1, 0.15) is 16.8 Å². The number of benzene rings is 1. The molecule has 7 nitrogen and oxygen atoms in total. The molecule has 100 valence electrons. The van der Waals surface area contributed by atoms with Gasteiger partial charge in [0, 0.05) is 25.2 Å². The number of nitrogen functional groups attached to an aromatic ring is 1. The van der Waals surface area contributed by atoms with Gasteiger partial charge in [0.25, 0.3) is 11.6 Å². The molecule has 0 saturated heterocycles. The highest BCUT2D eigenvalue weighted by Crippen LogP contribution is 2.31. The molecule has 0 aromatic heterocycles. The Morgan fingerprint density at radius 1 is 1.63 bits per heavy atom. The second-order valence-electron chi connectivity index (χ2n) is 3.78. The van der Waals surface area contributed by atoms with Crippen molar-refractivity contribution in [1.29, 1.82) is 5.26 Å². The van der Waals surface area contributed by atoms with Crippen LogP contribution in [-0.2, 0) is 0 Å². The molecule has 0 atom stereocenters. The molecular formula is C11H11ClN4O3. The molecule has 19 heavy (non-hydrogen) atoms. The number of carbonyl (C=O) groups is 1. The Kier molecular flexibility index (Phi) is 4.67. The van der Waals surface area contributed by atoms with E-state index in [1.807, 2.05) is 6.07 Å². The first-order valence-corrected chi connectivity index (χ1v) is 5.62. The number of halogens is 1. The van der Waals surface area contributed by atoms with E-state index in [1.54, 1.807) is 0 Å². The largest absolute Gasteiger partial charge is 0.392 e. The SMILES string of the molecule is CN(CCC#N)C(=O)c1cc(Cl)c(N)c([N+](=O)[O-])c1. The first-order chi connectivity index (χ1) is 8.88. The number of amides is 1. The molecule has 1 rings (SSSR count). The number of carbonyl (C=O) groups excluding carboxylic acids is 1. The van der Waals surface area contributed by atoms with Gasteiger partial charge >= 0.3 is 0 Å². The summed E-state index contributed by atoms with van der Waals surface area (Å²) in [7, 11) is 1.50. The van der Waals surface area contributed by atoms with Crippen LogP contribution in [0.3, 0.4) is 0 Å². The average Bonchev–Trinajstić information content (AvgIpc) is 2.37. The second-order valence-corrected chi connectivity index (χ2v) is 4.19. The van der Waals surface area contributed by atoms with Gasteiger partial charge in [-0.3, -0.25) is 14.9 Å². The Morgan fingerprint density at radius 3 is 2.79 bits per heavy atom. The van der Waals surface area contributed by atoms with E-state index >= 15 is 0 Å². The van der Waals surface area contributed by atoms with Crippen molar-refractivity contribution in [3.05, 3.63) is 32.8 Å². The lowest BCUT2D eigenvalue weighted by atomic mass is 10.1. The van der Waals surface area contributed by atoms with Gasteiger partial charge in [0.2, 0.25) is 0 Å². The third-order valence-corrected chi connectivity index (χ3v) is 2.77. The van der Waals surface area contributed by atoms with Gasteiger partial charge in [0.05, 0.1) is 22.4 Å². The van der Waals surface area contributed by atoms with Gasteiger partial charge in [0.15, 0.2) is 0 Å². The first kappa shape index (κ1) is 14.7. The highest BCUT2D eigenvalue weighted by molar-refractivity contribution is 6.34. The minimum atomic E-state index is -0.701. The minimum absolute atomic E-state index is 0.0498. The summed E-state index contributed by atoms with van der Waals surface area (Å²) in [4.78, 5) is 23.4. The van der Waals surface area contributed by atoms with E-state index in [2.05, 4.69) is 0 Å². The number of anilines is 1. The Bertz CT molecular complexity index is 568. The first-order valence-electron chi connectivity index (χ1n) is 5.24. The zero-order chi connectivity index (χ0) is 14.6. The zero-order valence-electron chi connectivity index (χ0n) is 10.1. The number of rotatable bonds is 4. The van der Waals surface area contributed by atoms with E-state index in [0.29, 0.717) is 0 Å². The molecule has 2 N–H and O–H groups in total. The molecule has 0 fully saturated rings. The number of nitrogens with zero attached hydrogens (tertiary/aromatic N) is 3. The number of nitriles is 1. The van der Waals surface area contributed by atoms with Crippen LogP contribution in [0.2, 0.25) is 5.02 Å². The molecule has 0 radical (unpaired) electrons. The zero-order valence-corrected chi connectivity index (χ0v) is 10.8. The molecule has 1 amide bonds. The number of nitro benzene ring substituents is 1. The summed E-state index contributed by atoms with van der Waals surface area (Å²) in [6.07, 6.45) is 0.174. The fourth-order valence-electron chi connectivity index (χ4n) is 1.42. The number of nitro groups is 1. The van der Waals surface area contributed by atoms with E-state index < -0.39 is 16.5 Å². The van der Waals surface area contributed by atoms with Crippen LogP contribution in [-0.4, -0.2) is 29.3 Å². The number of hydrogen-bond donors (Lipinski definition) is 1. The Morgan fingerprint density at radius 2 is 2.26 bits per heavy atom. The van der Waals surface area contributed by atoms with Crippen molar-refractivity contribution in [2.45, 2.75) is 6.42 Å². The van der Waals surface area contributed by atoms with Crippen molar-refractivity contribution in [3.63, 3.8) is 0 Å². The highest BCUT2D eigenvalue weighted by atomic mass is 35.5. The molecule has 1 aromatic carbocycles. The highest BCUT2D eigenvalue weighted by Gasteiger charge is 2.21. The van der Waals surface area contributed by atoms with Crippen LogP contribution in [0.15, 0.2) is 12.1 Å². The summed E-state index contributed by atoms with van der Waals surface area (Å²) in [5.41, 5.74) is 4.94. The van der Waals surface area contributed by atoms with Crippen molar-refractivity contribution < 1.29 is 9.72 Å². The summed E-state index contributed by atoms with van der Waals surface area (Å²) >= 11 is 5.76. The topological polar surface area (TPSA) is 113 Å². The van der Waals surface area contributed by atoms with E-state index in [0.717, 1.165) is 6.07 Å². The third-order valence-electron chi connectivity index (χ3n) is 2.46. The lowest BCUT2D eigenvalue weighted by Gasteiger charge is -2.15. The van der Waals surface area contributed by atoms with Crippen LogP contribution in [0.25, 0.3) is 0 Å². The lowest BCUT2D eigenvalue weighted by Crippen LogP contribution is -2.27. The molecule has 0 bridgehead atoms. The van der Waals surface area contributed by atoms with Crippen molar-refractivity contribution in [3.8, 4) is 6.07 Å². The Hall–Kier alpha value is -2.33. The molecule has 0 heterocycles. The van der Waals surface area contributed by atoms with Crippen molar-refractivity contribution in [1.82, 2.24) is 4.90 Å². The standard InChI is InChI=1S/C11H11ClN4O3/c1-15(4-2-3-13)11(17)7-5-8(12)10(14)9(6-7)16(18)19/h5-6H,2,4,14H2,1H3. The van der Waals surface area contributed by atoms with Crippen molar-refractivity contribution in [2.75, 3.05) is 19.3 Å². The van der Waals surface area contributed by atoms with Crippen LogP contribution in [0.4, 0.5) is 11.4 Å². The summed E-state index contributed by atoms with van der Waals surface area (Å²) in [5.74, 6) is -0.458. The van der Waals surface area contributed by atoms with E-state index in [4.69, 9.17) is 22.6 Å². The number of hydrogen-bond acceptors (Lipinski definition) is 5. The molecule has 0 aliphatic rings. The molecule has 0 aliphatic heterocycles. The molecule has 0 unspecified atom stereocenters. The normalized spacial score (nSPS) is 9.74. The summed E-state index contributed by atoms with van der Waals surface area (Å²) < 4.78 is 0. The average molecular weight is 283 g/mol. The summed E-state index contributed by atoms with van der Waals surface area (Å²) in [5, 5.41) is 19.2. The smallest absolute Gasteiger partial charge is 0.294 e. The van der Waals surface area contributed by atoms with Gasteiger partial charge < -0.3 is 10.6 Å². The van der Waals surface area contributed by atoms with Crippen LogP contribution in [0, 0.1) is 21.4 Å². The molecule has 1 aromatic rings. The predicted octanol–water partition coefficient (Wildman–Crippen LogP) is 1.82. The quantitative estimate of drug-likeness (QED) is 0.514. The fraction of sp³-hybridized carbons (Fsp3) is 0.273. The van der Waals surface area contributed by atoms with Gasteiger partial charge in [-0.25, -0.2) is 0 Å². The van der Waals surface area contributed by atoms with Gasteiger partial charge in [-0.1, -0.05) is 11.6 Å². The van der Waals surface area contributed by atoms with Crippen molar-refractivity contribution >= 4 is 28.9 Å². The van der Waals surface area contributed by atoms with E-state index in [1.165, 1.54) is 18.0 Å². The lowest BCUT2D eigenvalue weighted by molar-refractivity contribution is -0.383. The van der Waals surface area contributed by atoms with Crippen LogP contribution in [0.5, 0.6) is 0 Å². The molecule has 0 aliphatic carbocycles. The van der Waals surface area contributed by atoms with Crippen molar-refractivity contribution in [2.24, 2.45) is 0 Å². The molecule has 8 heteroatoms. The maximum atomic E-state index is 12.0. The second kappa shape index (κ2) is 6.02. The Balaban J connectivity index is 3.11. The van der Waals surface area contributed by atoms with Crippen LogP contribution >= 0.6 is 11.6 Å². The molecular weight excluding hydrogens is 272 g/mol. The Labute approximate surface area is 114 Å². The molecule has 0 saturated carbocycles. The summed E-state index contributed by atoms with van der Waals surface area (Å²) in [6.45, 7) is 0.227. The predicted molar refractivity (Wildman–Crippen MR) is 69.7 cm³/mol. The molecule has 0 spiro atoms. The maximum Gasteiger partial charge on any atom is 0.294 e. The summed E-state index contributed by atoms with van der Waals surface area (Å²) in [6, 6.07) is 4.26. The van der Waals surface area contributed by atoms with Gasteiger partial charge in [-0.15, -0.1) is 0 Å². The minimum Gasteiger partial charge on any atom is -0.392 e. The number of nitrogens with two attached hydrogens (primary N) is 1. The van der Waals surface area contributed by atoms with E-state index in [9.17, 15) is 14.9 Å². The van der Waals surface area contributed by atoms with Crippen LogP contribution < -0.4 is 5.73 Å².